The lowest BCUT2D eigenvalue weighted by atomic mass is 9.44. The van der Waals surface area contributed by atoms with Gasteiger partial charge in [-0.25, -0.2) is 0 Å². The molecule has 2 N–H and O–H groups in total. The zero-order valence-electron chi connectivity index (χ0n) is 17.4. The molecule has 0 radical (unpaired) electrons. The maximum absolute atomic E-state index is 6.35. The second kappa shape index (κ2) is 6.23. The predicted molar refractivity (Wildman–Crippen MR) is 106 cm³/mol. The Morgan fingerprint density at radius 1 is 0.880 bits per heavy atom. The molecule has 0 amide bonds. The van der Waals surface area contributed by atoms with Crippen LogP contribution >= 0.6 is 0 Å². The summed E-state index contributed by atoms with van der Waals surface area (Å²) in [4.78, 5) is 2.48. The lowest BCUT2D eigenvalue weighted by Crippen LogP contribution is -2.55. The molecule has 0 aromatic heterocycles. The van der Waals surface area contributed by atoms with Crippen LogP contribution in [-0.2, 0) is 0 Å². The van der Waals surface area contributed by atoms with E-state index in [1.165, 1.54) is 57.8 Å². The van der Waals surface area contributed by atoms with E-state index in [4.69, 9.17) is 5.73 Å². The maximum atomic E-state index is 6.35. The van der Waals surface area contributed by atoms with Gasteiger partial charge in [-0.1, -0.05) is 13.8 Å². The largest absolute Gasteiger partial charge is 0.328 e. The normalized spacial score (nSPS) is 53.9. The molecule has 0 aromatic rings. The highest BCUT2D eigenvalue weighted by molar-refractivity contribution is 5.10. The molecule has 0 heterocycles. The lowest BCUT2D eigenvalue weighted by molar-refractivity contribution is -0.116. The van der Waals surface area contributed by atoms with Crippen molar-refractivity contribution < 1.29 is 0 Å². The van der Waals surface area contributed by atoms with E-state index in [9.17, 15) is 0 Å². The van der Waals surface area contributed by atoms with Crippen molar-refractivity contribution in [3.63, 3.8) is 0 Å². The first-order valence-corrected chi connectivity index (χ1v) is 11.2. The number of nitrogens with zero attached hydrogens (tertiary/aromatic N) is 1. The molecular weight excluding hydrogens is 304 g/mol. The summed E-state index contributed by atoms with van der Waals surface area (Å²) < 4.78 is 0. The van der Waals surface area contributed by atoms with Gasteiger partial charge in [-0.2, -0.15) is 0 Å². The molecule has 0 aliphatic heterocycles. The van der Waals surface area contributed by atoms with Crippen LogP contribution in [0.5, 0.6) is 0 Å². The fourth-order valence-corrected chi connectivity index (χ4v) is 8.48. The van der Waals surface area contributed by atoms with Crippen LogP contribution in [0.25, 0.3) is 0 Å². The van der Waals surface area contributed by atoms with E-state index in [-0.39, 0.29) is 0 Å². The molecule has 4 aliphatic carbocycles. The Kier molecular flexibility index (Phi) is 4.56. The molecular formula is C23H42N2. The molecule has 0 aromatic carbocycles. The summed E-state index contributed by atoms with van der Waals surface area (Å²) in [6.07, 6.45) is 12.9. The summed E-state index contributed by atoms with van der Waals surface area (Å²) >= 11 is 0. The third kappa shape index (κ3) is 2.64. The third-order valence-corrected chi connectivity index (χ3v) is 10.2. The van der Waals surface area contributed by atoms with E-state index in [1.54, 1.807) is 0 Å². The Labute approximate surface area is 156 Å². The average molecular weight is 347 g/mol. The minimum atomic E-state index is 0.486. The molecule has 4 fully saturated rings. The van der Waals surface area contributed by atoms with Crippen molar-refractivity contribution in [1.82, 2.24) is 4.90 Å². The summed E-state index contributed by atoms with van der Waals surface area (Å²) in [6.45, 7) is 7.82. The topological polar surface area (TPSA) is 29.3 Å². The molecule has 144 valence electrons. The van der Waals surface area contributed by atoms with Gasteiger partial charge in [0.15, 0.2) is 0 Å². The van der Waals surface area contributed by atoms with Crippen LogP contribution in [0.3, 0.4) is 0 Å². The third-order valence-electron chi connectivity index (χ3n) is 10.2. The van der Waals surface area contributed by atoms with Gasteiger partial charge in [0.05, 0.1) is 0 Å². The zero-order chi connectivity index (χ0) is 18.0. The van der Waals surface area contributed by atoms with Gasteiger partial charge < -0.3 is 10.6 Å². The monoisotopic (exact) mass is 346 g/mol. The van der Waals surface area contributed by atoms with Crippen LogP contribution in [0, 0.1) is 40.4 Å². The summed E-state index contributed by atoms with van der Waals surface area (Å²) in [6, 6.07) is 1.21. The number of hydrogen-bond donors (Lipinski definition) is 1. The van der Waals surface area contributed by atoms with Crippen molar-refractivity contribution >= 4 is 0 Å². The summed E-state index contributed by atoms with van der Waals surface area (Å²) in [5.41, 5.74) is 7.55. The summed E-state index contributed by atoms with van der Waals surface area (Å²) in [7, 11) is 4.56. The van der Waals surface area contributed by atoms with Crippen molar-refractivity contribution in [2.24, 2.45) is 46.2 Å². The average Bonchev–Trinajstić information content (AvgIpc) is 2.92. The molecule has 2 heteroatoms. The second-order valence-electron chi connectivity index (χ2n) is 11.1. The maximum Gasteiger partial charge on any atom is 0.00944 e. The molecule has 9 atom stereocenters. The SMILES string of the molecule is C[C@@H]([C@H]1CC[C@H]2[C@@H]3CC[C@H]4C[C@@H](N)CC[C@]4(C)[C@H]3CC[C@@]12C)N(C)C. The van der Waals surface area contributed by atoms with Gasteiger partial charge in [-0.3, -0.25) is 0 Å². The second-order valence-corrected chi connectivity index (χ2v) is 11.1. The Morgan fingerprint density at radius 2 is 1.56 bits per heavy atom. The fraction of sp³-hybridized carbons (Fsp3) is 1.00. The molecule has 0 unspecified atom stereocenters. The van der Waals surface area contributed by atoms with Gasteiger partial charge >= 0.3 is 0 Å². The Hall–Kier alpha value is -0.0800. The Bertz CT molecular complexity index is 502. The van der Waals surface area contributed by atoms with E-state index in [2.05, 4.69) is 39.8 Å². The predicted octanol–water partition coefficient (Wildman–Crippen LogP) is 4.92. The van der Waals surface area contributed by atoms with E-state index >= 15 is 0 Å². The summed E-state index contributed by atoms with van der Waals surface area (Å²) in [5.74, 6) is 4.81. The van der Waals surface area contributed by atoms with Crippen molar-refractivity contribution in [3.8, 4) is 0 Å². The molecule has 25 heavy (non-hydrogen) atoms. The van der Waals surface area contributed by atoms with Gasteiger partial charge in [-0.15, -0.1) is 0 Å². The molecule has 4 saturated carbocycles. The Balaban J connectivity index is 1.58. The number of nitrogens with two attached hydrogens (primary N) is 1. The van der Waals surface area contributed by atoms with Crippen LogP contribution in [0.1, 0.15) is 78.6 Å². The van der Waals surface area contributed by atoms with Gasteiger partial charge in [0.25, 0.3) is 0 Å². The van der Waals surface area contributed by atoms with E-state index in [0.717, 1.165) is 35.6 Å². The molecule has 4 rings (SSSR count). The van der Waals surface area contributed by atoms with Crippen LogP contribution in [-0.4, -0.2) is 31.1 Å². The minimum Gasteiger partial charge on any atom is -0.328 e. The zero-order valence-corrected chi connectivity index (χ0v) is 17.4. The molecule has 4 aliphatic rings. The molecule has 2 nitrogen and oxygen atoms in total. The van der Waals surface area contributed by atoms with Crippen LogP contribution in [0.2, 0.25) is 0 Å². The number of rotatable bonds is 2. The first kappa shape index (κ1) is 18.3. The molecule has 0 spiro atoms. The first-order chi connectivity index (χ1) is 11.8. The van der Waals surface area contributed by atoms with Crippen LogP contribution in [0.4, 0.5) is 0 Å². The quantitative estimate of drug-likeness (QED) is 0.768. The fourth-order valence-electron chi connectivity index (χ4n) is 8.48. The van der Waals surface area contributed by atoms with Crippen molar-refractivity contribution in [2.45, 2.75) is 90.6 Å². The Morgan fingerprint density at radius 3 is 2.28 bits per heavy atom. The van der Waals surface area contributed by atoms with Gasteiger partial charge in [0.2, 0.25) is 0 Å². The molecule has 0 bridgehead atoms. The number of hydrogen-bond acceptors (Lipinski definition) is 2. The van der Waals surface area contributed by atoms with E-state index in [0.29, 0.717) is 16.9 Å². The standard InChI is InChI=1S/C23H42N2/c1-15(25(4)5)19-8-9-20-18-7-6-16-14-17(24)10-12-22(16,2)21(18)11-13-23(19,20)3/h15-21H,6-14,24H2,1-5H3/t15-,16-,17-,18-,19+,20-,21-,22-,23-/m0/s1. The lowest BCUT2D eigenvalue weighted by Gasteiger charge is -2.61. The minimum absolute atomic E-state index is 0.486. The highest BCUT2D eigenvalue weighted by Crippen LogP contribution is 2.67. The van der Waals surface area contributed by atoms with Crippen molar-refractivity contribution in [1.29, 1.82) is 0 Å². The van der Waals surface area contributed by atoms with Gasteiger partial charge in [0.1, 0.15) is 0 Å². The molecule has 0 saturated heterocycles. The van der Waals surface area contributed by atoms with Crippen LogP contribution < -0.4 is 5.73 Å². The van der Waals surface area contributed by atoms with E-state index in [1.807, 2.05) is 0 Å². The highest BCUT2D eigenvalue weighted by atomic mass is 15.1. The van der Waals surface area contributed by atoms with Gasteiger partial charge in [-0.05, 0) is 119 Å². The summed E-state index contributed by atoms with van der Waals surface area (Å²) in [5, 5.41) is 0. The van der Waals surface area contributed by atoms with Crippen LogP contribution in [0.15, 0.2) is 0 Å². The van der Waals surface area contributed by atoms with Gasteiger partial charge in [0, 0.05) is 12.1 Å². The number of fused-ring (bicyclic) bond motifs is 5. The first-order valence-electron chi connectivity index (χ1n) is 11.2. The van der Waals surface area contributed by atoms with Crippen molar-refractivity contribution in [2.75, 3.05) is 14.1 Å². The smallest absolute Gasteiger partial charge is 0.00944 e. The highest BCUT2D eigenvalue weighted by Gasteiger charge is 2.60. The van der Waals surface area contributed by atoms with Crippen molar-refractivity contribution in [3.05, 3.63) is 0 Å². The van der Waals surface area contributed by atoms with E-state index < -0.39 is 0 Å².